The molecule has 0 aliphatic carbocycles. The minimum Gasteiger partial charge on any atom is -0.373 e. The second kappa shape index (κ2) is 6.42. The molecule has 0 bridgehead atoms. The van der Waals surface area contributed by atoms with Crippen LogP contribution in [-0.4, -0.2) is 23.6 Å². The third-order valence-corrected chi connectivity index (χ3v) is 3.78. The van der Waals surface area contributed by atoms with Crippen LogP contribution in [0.4, 0.5) is 11.6 Å². The molecule has 1 heterocycles. The van der Waals surface area contributed by atoms with Crippen molar-refractivity contribution >= 4 is 11.6 Å². The summed E-state index contributed by atoms with van der Waals surface area (Å²) >= 11 is 0. The highest BCUT2D eigenvalue weighted by atomic mass is 15.1. The first-order chi connectivity index (χ1) is 9.16. The molecular formula is C16H30N4. The minimum atomic E-state index is -0.0562. The van der Waals surface area contributed by atoms with E-state index in [1.54, 1.807) is 0 Å². The van der Waals surface area contributed by atoms with Gasteiger partial charge in [-0.25, -0.2) is 9.97 Å². The Morgan fingerprint density at radius 2 is 1.60 bits per heavy atom. The summed E-state index contributed by atoms with van der Waals surface area (Å²) in [5.41, 5.74) is 1.02. The van der Waals surface area contributed by atoms with Crippen LogP contribution in [0.15, 0.2) is 0 Å². The molecule has 2 N–H and O–H groups in total. The van der Waals surface area contributed by atoms with Crippen LogP contribution in [0.25, 0.3) is 0 Å². The summed E-state index contributed by atoms with van der Waals surface area (Å²) < 4.78 is 0. The Labute approximate surface area is 123 Å². The quantitative estimate of drug-likeness (QED) is 0.859. The molecule has 1 aromatic heterocycles. The third kappa shape index (κ3) is 4.09. The molecule has 0 amide bonds. The maximum absolute atomic E-state index is 4.72. The number of rotatable bonds is 5. The van der Waals surface area contributed by atoms with Gasteiger partial charge in [0.2, 0.25) is 0 Å². The predicted molar refractivity (Wildman–Crippen MR) is 87.5 cm³/mol. The van der Waals surface area contributed by atoms with Crippen molar-refractivity contribution in [3.05, 3.63) is 11.4 Å². The zero-order valence-corrected chi connectivity index (χ0v) is 14.3. The monoisotopic (exact) mass is 278 g/mol. The average Bonchev–Trinajstić information content (AvgIpc) is 2.35. The van der Waals surface area contributed by atoms with Crippen LogP contribution in [0.1, 0.15) is 52.9 Å². The molecule has 0 saturated heterocycles. The van der Waals surface area contributed by atoms with Gasteiger partial charge in [-0.3, -0.25) is 0 Å². The molecule has 4 nitrogen and oxygen atoms in total. The van der Waals surface area contributed by atoms with E-state index in [-0.39, 0.29) is 5.41 Å². The van der Waals surface area contributed by atoms with E-state index in [2.05, 4.69) is 64.1 Å². The Morgan fingerprint density at radius 1 is 1.05 bits per heavy atom. The zero-order valence-electron chi connectivity index (χ0n) is 14.3. The summed E-state index contributed by atoms with van der Waals surface area (Å²) in [5.74, 6) is 3.99. The summed E-state index contributed by atoms with van der Waals surface area (Å²) in [7, 11) is 1.91. The molecule has 0 saturated carbocycles. The number of aromatic nitrogens is 2. The standard InChI is InChI=1S/C16H30N4/c1-10(2)11(3)9-18-14-12(4)13(17-8)19-15(20-14)16(5,6)7/h10-11H,9H2,1-8H3,(H2,17,18,19,20). The summed E-state index contributed by atoms with van der Waals surface area (Å²) in [6.45, 7) is 16.2. The fourth-order valence-corrected chi connectivity index (χ4v) is 1.76. The number of hydrogen-bond acceptors (Lipinski definition) is 4. The second-order valence-corrected chi connectivity index (χ2v) is 6.97. The van der Waals surface area contributed by atoms with Gasteiger partial charge >= 0.3 is 0 Å². The van der Waals surface area contributed by atoms with Crippen LogP contribution >= 0.6 is 0 Å². The van der Waals surface area contributed by atoms with E-state index < -0.39 is 0 Å². The van der Waals surface area contributed by atoms with Crippen molar-refractivity contribution in [2.45, 2.75) is 53.9 Å². The Morgan fingerprint density at radius 3 is 2.05 bits per heavy atom. The van der Waals surface area contributed by atoms with Gasteiger partial charge in [0, 0.05) is 24.6 Å². The van der Waals surface area contributed by atoms with Gasteiger partial charge in [-0.15, -0.1) is 0 Å². The molecule has 0 aliphatic heterocycles. The lowest BCUT2D eigenvalue weighted by atomic mass is 9.95. The first kappa shape index (κ1) is 16.7. The molecule has 114 valence electrons. The van der Waals surface area contributed by atoms with Crippen molar-refractivity contribution in [1.29, 1.82) is 0 Å². The lowest BCUT2D eigenvalue weighted by Gasteiger charge is -2.22. The zero-order chi connectivity index (χ0) is 15.5. The van der Waals surface area contributed by atoms with E-state index in [0.29, 0.717) is 11.8 Å². The molecular weight excluding hydrogens is 248 g/mol. The average molecular weight is 278 g/mol. The molecule has 0 aliphatic rings. The molecule has 1 aromatic rings. The topological polar surface area (TPSA) is 49.8 Å². The van der Waals surface area contributed by atoms with Crippen LogP contribution in [0.5, 0.6) is 0 Å². The summed E-state index contributed by atoms with van der Waals surface area (Å²) in [5, 5.41) is 6.66. The molecule has 4 heteroatoms. The lowest BCUT2D eigenvalue weighted by Crippen LogP contribution is -2.22. The molecule has 0 aromatic carbocycles. The van der Waals surface area contributed by atoms with Gasteiger partial charge in [0.25, 0.3) is 0 Å². The van der Waals surface area contributed by atoms with E-state index in [1.165, 1.54) is 0 Å². The maximum atomic E-state index is 4.72. The first-order valence-corrected chi connectivity index (χ1v) is 7.47. The van der Waals surface area contributed by atoms with Gasteiger partial charge in [0.15, 0.2) is 0 Å². The van der Waals surface area contributed by atoms with Gasteiger partial charge < -0.3 is 10.6 Å². The SMILES string of the molecule is CNc1nc(C(C)(C)C)nc(NCC(C)C(C)C)c1C. The third-order valence-electron chi connectivity index (χ3n) is 3.78. The fourth-order valence-electron chi connectivity index (χ4n) is 1.76. The highest BCUT2D eigenvalue weighted by Gasteiger charge is 2.21. The van der Waals surface area contributed by atoms with Crippen molar-refractivity contribution in [1.82, 2.24) is 9.97 Å². The summed E-state index contributed by atoms with van der Waals surface area (Å²) in [6.07, 6.45) is 0. The van der Waals surface area contributed by atoms with Gasteiger partial charge in [-0.1, -0.05) is 41.5 Å². The van der Waals surface area contributed by atoms with Crippen molar-refractivity contribution in [3.63, 3.8) is 0 Å². The summed E-state index contributed by atoms with van der Waals surface area (Å²) in [6, 6.07) is 0. The van der Waals surface area contributed by atoms with Crippen LogP contribution < -0.4 is 10.6 Å². The molecule has 0 spiro atoms. The van der Waals surface area contributed by atoms with E-state index in [1.807, 2.05) is 7.05 Å². The Bertz CT molecular complexity index is 447. The Kier molecular flexibility index (Phi) is 5.37. The second-order valence-electron chi connectivity index (χ2n) is 6.97. The Balaban J connectivity index is 3.05. The van der Waals surface area contributed by atoms with Crippen molar-refractivity contribution in [2.24, 2.45) is 11.8 Å². The molecule has 0 fully saturated rings. The van der Waals surface area contributed by atoms with Crippen molar-refractivity contribution in [2.75, 3.05) is 24.2 Å². The molecule has 1 rings (SSSR count). The van der Waals surface area contributed by atoms with Gasteiger partial charge in [-0.2, -0.15) is 0 Å². The van der Waals surface area contributed by atoms with Crippen molar-refractivity contribution in [3.8, 4) is 0 Å². The molecule has 0 radical (unpaired) electrons. The normalized spacial score (nSPS) is 13.4. The molecule has 1 atom stereocenters. The number of hydrogen-bond donors (Lipinski definition) is 2. The predicted octanol–water partition coefficient (Wildman–Crippen LogP) is 3.83. The molecule has 1 unspecified atom stereocenters. The minimum absolute atomic E-state index is 0.0562. The van der Waals surface area contributed by atoms with E-state index >= 15 is 0 Å². The molecule has 20 heavy (non-hydrogen) atoms. The van der Waals surface area contributed by atoms with Crippen molar-refractivity contribution < 1.29 is 0 Å². The van der Waals surface area contributed by atoms with E-state index in [0.717, 1.165) is 29.6 Å². The number of anilines is 2. The van der Waals surface area contributed by atoms with Crippen LogP contribution in [0.3, 0.4) is 0 Å². The smallest absolute Gasteiger partial charge is 0.138 e. The highest BCUT2D eigenvalue weighted by Crippen LogP contribution is 2.26. The van der Waals surface area contributed by atoms with Crippen LogP contribution in [-0.2, 0) is 5.41 Å². The van der Waals surface area contributed by atoms with E-state index in [4.69, 9.17) is 4.98 Å². The van der Waals surface area contributed by atoms with Crippen LogP contribution in [0, 0.1) is 18.8 Å². The van der Waals surface area contributed by atoms with Gasteiger partial charge in [-0.05, 0) is 18.8 Å². The number of nitrogens with one attached hydrogen (secondary N) is 2. The highest BCUT2D eigenvalue weighted by molar-refractivity contribution is 5.57. The largest absolute Gasteiger partial charge is 0.373 e. The fraction of sp³-hybridized carbons (Fsp3) is 0.750. The van der Waals surface area contributed by atoms with Gasteiger partial charge in [0.1, 0.15) is 17.5 Å². The first-order valence-electron chi connectivity index (χ1n) is 7.47. The lowest BCUT2D eigenvalue weighted by molar-refractivity contribution is 0.439. The maximum Gasteiger partial charge on any atom is 0.138 e. The Hall–Kier alpha value is -1.32. The summed E-state index contributed by atoms with van der Waals surface area (Å²) in [4.78, 5) is 9.34. The van der Waals surface area contributed by atoms with Gasteiger partial charge in [0.05, 0.1) is 0 Å². The number of nitrogens with zero attached hydrogens (tertiary/aromatic N) is 2. The van der Waals surface area contributed by atoms with E-state index in [9.17, 15) is 0 Å². The van der Waals surface area contributed by atoms with Crippen LogP contribution in [0.2, 0.25) is 0 Å².